The minimum Gasteiger partial charge on any atom is -0.510 e. The first-order valence-corrected chi connectivity index (χ1v) is 9.45. The number of nitrogens with zero attached hydrogens (tertiary/aromatic N) is 5. The maximum absolute atomic E-state index is 10.5. The first kappa shape index (κ1) is 16.4. The zero-order valence-corrected chi connectivity index (χ0v) is 15.2. The Labute approximate surface area is 162 Å². The minimum atomic E-state index is -0.0628. The van der Waals surface area contributed by atoms with Gasteiger partial charge in [0.15, 0.2) is 11.0 Å². The van der Waals surface area contributed by atoms with Crippen molar-refractivity contribution < 1.29 is 5.11 Å². The van der Waals surface area contributed by atoms with Crippen LogP contribution in [0.2, 0.25) is 0 Å². The lowest BCUT2D eigenvalue weighted by Crippen LogP contribution is -1.96. The van der Waals surface area contributed by atoms with Crippen molar-refractivity contribution in [1.82, 2.24) is 29.5 Å². The van der Waals surface area contributed by atoms with E-state index in [0.717, 1.165) is 22.1 Å². The molecule has 0 saturated heterocycles. The van der Waals surface area contributed by atoms with Crippen LogP contribution in [0.25, 0.3) is 33.4 Å². The molecule has 3 aromatic heterocycles. The zero-order chi connectivity index (χ0) is 19.1. The molecule has 0 bridgehead atoms. The molecule has 5 aromatic rings. The number of fused-ring (bicyclic) bond motifs is 4. The van der Waals surface area contributed by atoms with Gasteiger partial charge in [-0.25, -0.2) is 15.1 Å². The van der Waals surface area contributed by atoms with Gasteiger partial charge in [-0.1, -0.05) is 36.0 Å². The van der Waals surface area contributed by atoms with Crippen molar-refractivity contribution in [1.29, 1.82) is 5.26 Å². The third-order valence-corrected chi connectivity index (χ3v) is 5.32. The van der Waals surface area contributed by atoms with E-state index in [1.807, 2.05) is 59.0 Å². The molecule has 9 heteroatoms. The van der Waals surface area contributed by atoms with Crippen LogP contribution in [0.1, 0.15) is 5.82 Å². The smallest absolute Gasteiger partial charge is 0.231 e. The lowest BCUT2D eigenvalue weighted by Gasteiger charge is -2.02. The summed E-state index contributed by atoms with van der Waals surface area (Å²) < 4.78 is 1.89. The number of aliphatic hydroxyl groups excluding tert-OH is 1. The summed E-state index contributed by atoms with van der Waals surface area (Å²) in [6.45, 7) is 0. The van der Waals surface area contributed by atoms with Crippen molar-refractivity contribution in [3.05, 3.63) is 60.1 Å². The van der Waals surface area contributed by atoms with Gasteiger partial charge >= 0.3 is 0 Å². The second-order valence-electron chi connectivity index (χ2n) is 6.09. The lowest BCUT2D eigenvalue weighted by atomic mass is 10.2. The summed E-state index contributed by atoms with van der Waals surface area (Å²) in [7, 11) is 0. The van der Waals surface area contributed by atoms with Crippen LogP contribution in [-0.4, -0.2) is 40.4 Å². The Hall–Kier alpha value is -3.77. The summed E-state index contributed by atoms with van der Waals surface area (Å²) in [5.74, 6) is 1.09. The van der Waals surface area contributed by atoms with Crippen LogP contribution in [0, 0.1) is 11.3 Å². The van der Waals surface area contributed by atoms with E-state index in [0.29, 0.717) is 16.8 Å². The van der Waals surface area contributed by atoms with Crippen molar-refractivity contribution in [2.24, 2.45) is 0 Å². The van der Waals surface area contributed by atoms with E-state index in [1.165, 1.54) is 11.8 Å². The Kier molecular flexibility index (Phi) is 3.77. The molecule has 0 aliphatic carbocycles. The van der Waals surface area contributed by atoms with Crippen molar-refractivity contribution >= 4 is 45.2 Å². The van der Waals surface area contributed by atoms with Crippen LogP contribution in [0.5, 0.6) is 0 Å². The highest BCUT2D eigenvalue weighted by atomic mass is 32.2. The highest BCUT2D eigenvalue weighted by Crippen LogP contribution is 2.26. The number of hydrogen-bond donors (Lipinski definition) is 3. The fourth-order valence-corrected chi connectivity index (χ4v) is 3.90. The van der Waals surface area contributed by atoms with Gasteiger partial charge in [-0.3, -0.25) is 4.40 Å². The van der Waals surface area contributed by atoms with Crippen LogP contribution >= 0.6 is 11.8 Å². The summed E-state index contributed by atoms with van der Waals surface area (Å²) in [4.78, 5) is 11.9. The SMILES string of the molecule is N#CC(=C(O)CSc1n[nH]c2nc3ccccc3n12)c1nc2ccccc2[nH]1. The molecule has 5 rings (SSSR count). The zero-order valence-electron chi connectivity index (χ0n) is 14.4. The number of aromatic nitrogens is 6. The van der Waals surface area contributed by atoms with E-state index in [2.05, 4.69) is 25.1 Å². The van der Waals surface area contributed by atoms with Gasteiger partial charge in [0, 0.05) is 0 Å². The van der Waals surface area contributed by atoms with Gasteiger partial charge < -0.3 is 10.1 Å². The number of hydrogen-bond acceptors (Lipinski definition) is 6. The topological polar surface area (TPSA) is 119 Å². The number of rotatable bonds is 4. The number of benzene rings is 2. The van der Waals surface area contributed by atoms with Crippen LogP contribution in [-0.2, 0) is 0 Å². The monoisotopic (exact) mass is 387 g/mol. The molecular weight excluding hydrogens is 374 g/mol. The number of aromatic amines is 2. The average Bonchev–Trinajstić information content (AvgIpc) is 3.40. The van der Waals surface area contributed by atoms with Crippen molar-refractivity contribution in [2.75, 3.05) is 5.75 Å². The maximum Gasteiger partial charge on any atom is 0.231 e. The second kappa shape index (κ2) is 6.44. The Morgan fingerprint density at radius 2 is 1.89 bits per heavy atom. The molecule has 0 saturated carbocycles. The normalized spacial score (nSPS) is 12.5. The second-order valence-corrected chi connectivity index (χ2v) is 7.03. The molecule has 0 unspecified atom stereocenters. The molecule has 8 nitrogen and oxygen atoms in total. The highest BCUT2D eigenvalue weighted by molar-refractivity contribution is 7.99. The van der Waals surface area contributed by atoms with Crippen LogP contribution in [0.15, 0.2) is 59.4 Å². The molecule has 0 atom stereocenters. The molecule has 0 radical (unpaired) electrons. The van der Waals surface area contributed by atoms with Crippen molar-refractivity contribution in [3.63, 3.8) is 0 Å². The van der Waals surface area contributed by atoms with E-state index in [1.54, 1.807) is 0 Å². The molecule has 28 heavy (non-hydrogen) atoms. The summed E-state index contributed by atoms with van der Waals surface area (Å²) in [5, 5.41) is 27.9. The fourth-order valence-electron chi connectivity index (χ4n) is 3.07. The number of aliphatic hydroxyl groups is 1. The molecule has 0 fully saturated rings. The fraction of sp³-hybridized carbons (Fsp3) is 0.0526. The summed E-state index contributed by atoms with van der Waals surface area (Å²) in [6.07, 6.45) is 0. The highest BCUT2D eigenvalue weighted by Gasteiger charge is 2.16. The molecule has 3 N–H and O–H groups in total. The number of nitriles is 1. The van der Waals surface area contributed by atoms with E-state index in [-0.39, 0.29) is 17.1 Å². The van der Waals surface area contributed by atoms with Gasteiger partial charge in [-0.2, -0.15) is 5.26 Å². The molecule has 136 valence electrons. The predicted molar refractivity (Wildman–Crippen MR) is 107 cm³/mol. The Balaban J connectivity index is 1.48. The molecule has 2 aromatic carbocycles. The first-order chi connectivity index (χ1) is 13.7. The van der Waals surface area contributed by atoms with Gasteiger partial charge in [0.1, 0.15) is 17.4 Å². The number of allylic oxidation sites excluding steroid dienone is 1. The number of H-pyrrole nitrogens is 2. The minimum absolute atomic E-state index is 0.0628. The molecule has 0 spiro atoms. The lowest BCUT2D eigenvalue weighted by molar-refractivity contribution is 0.420. The van der Waals surface area contributed by atoms with Crippen LogP contribution < -0.4 is 0 Å². The van der Waals surface area contributed by atoms with Crippen LogP contribution in [0.4, 0.5) is 0 Å². The van der Waals surface area contributed by atoms with Gasteiger partial charge in [-0.15, -0.1) is 5.10 Å². The quantitative estimate of drug-likeness (QED) is 0.246. The Morgan fingerprint density at radius 3 is 2.71 bits per heavy atom. The molecular formula is C19H13N7OS. The van der Waals surface area contributed by atoms with Crippen molar-refractivity contribution in [2.45, 2.75) is 5.16 Å². The van der Waals surface area contributed by atoms with Gasteiger partial charge in [-0.05, 0) is 24.3 Å². The first-order valence-electron chi connectivity index (χ1n) is 8.46. The number of imidazole rings is 2. The van der Waals surface area contributed by atoms with Gasteiger partial charge in [0.25, 0.3) is 0 Å². The summed E-state index contributed by atoms with van der Waals surface area (Å²) >= 11 is 1.31. The Morgan fingerprint density at radius 1 is 1.11 bits per heavy atom. The largest absolute Gasteiger partial charge is 0.510 e. The Bertz CT molecular complexity index is 1370. The van der Waals surface area contributed by atoms with E-state index < -0.39 is 0 Å². The summed E-state index contributed by atoms with van der Waals surface area (Å²) in [6, 6.07) is 17.3. The molecule has 0 aliphatic heterocycles. The number of nitrogens with one attached hydrogen (secondary N) is 2. The van der Waals surface area contributed by atoms with Gasteiger partial charge in [0.2, 0.25) is 5.78 Å². The predicted octanol–water partition coefficient (Wildman–Crippen LogP) is 3.67. The average molecular weight is 387 g/mol. The maximum atomic E-state index is 10.5. The number of thioether (sulfide) groups is 1. The molecule has 3 heterocycles. The number of para-hydroxylation sites is 4. The standard InChI is InChI=1S/C19H13N7OS/c20-9-11(17-21-12-5-1-2-6-13(12)22-17)16(27)10-28-19-25-24-18-23-14-7-3-4-8-15(14)26(18)19/h1-8,27H,10H2,(H,21,22)(H,23,24). The van der Waals surface area contributed by atoms with E-state index >= 15 is 0 Å². The molecule has 0 amide bonds. The van der Waals surface area contributed by atoms with Gasteiger partial charge in [0.05, 0.1) is 27.8 Å². The third-order valence-electron chi connectivity index (χ3n) is 4.37. The van der Waals surface area contributed by atoms with E-state index in [4.69, 9.17) is 0 Å². The van der Waals surface area contributed by atoms with Crippen LogP contribution in [0.3, 0.4) is 0 Å². The van der Waals surface area contributed by atoms with E-state index in [9.17, 15) is 10.4 Å². The summed E-state index contributed by atoms with van der Waals surface area (Å²) in [5.41, 5.74) is 3.45. The van der Waals surface area contributed by atoms with Crippen molar-refractivity contribution in [3.8, 4) is 6.07 Å². The molecule has 0 aliphatic rings. The third kappa shape index (κ3) is 2.59.